The van der Waals surface area contributed by atoms with Gasteiger partial charge in [0.15, 0.2) is 10.7 Å². The van der Waals surface area contributed by atoms with Gasteiger partial charge in [0.1, 0.15) is 5.52 Å². The maximum absolute atomic E-state index is 5.88. The molecule has 0 radical (unpaired) electrons. The average Bonchev–Trinajstić information content (AvgIpc) is 3.44. The SMILES string of the molecule is c1ccc(-c2cnc(Sc3nc4ccccc4o3)n2CC2CCCO2)cc1. The number of hydrogen-bond acceptors (Lipinski definition) is 5. The van der Waals surface area contributed by atoms with Gasteiger partial charge in [0.2, 0.25) is 0 Å². The highest BCUT2D eigenvalue weighted by Gasteiger charge is 2.22. The Kier molecular flexibility index (Phi) is 4.43. The topological polar surface area (TPSA) is 53.1 Å². The Morgan fingerprint density at radius 1 is 1.07 bits per heavy atom. The second-order valence-corrected chi connectivity index (χ2v) is 7.51. The van der Waals surface area contributed by atoms with Crippen molar-refractivity contribution in [1.82, 2.24) is 14.5 Å². The molecule has 3 heterocycles. The summed E-state index contributed by atoms with van der Waals surface area (Å²) in [6.07, 6.45) is 4.35. The standard InChI is InChI=1S/C21H19N3O2S/c1-2-7-15(8-3-1)18-13-22-20(24(18)14-16-9-6-12-25-16)27-21-23-17-10-4-5-11-19(17)26-21/h1-5,7-8,10-11,13,16H,6,9,12,14H2. The molecule has 4 aromatic rings. The van der Waals surface area contributed by atoms with Crippen LogP contribution >= 0.6 is 11.8 Å². The van der Waals surface area contributed by atoms with Gasteiger partial charge in [-0.1, -0.05) is 42.5 Å². The first-order valence-corrected chi connectivity index (χ1v) is 9.94. The van der Waals surface area contributed by atoms with Crippen molar-refractivity contribution in [3.05, 3.63) is 60.8 Å². The van der Waals surface area contributed by atoms with E-state index < -0.39 is 0 Å². The minimum Gasteiger partial charge on any atom is -0.431 e. The first kappa shape index (κ1) is 16.6. The van der Waals surface area contributed by atoms with Crippen molar-refractivity contribution in [3.63, 3.8) is 0 Å². The molecular formula is C21H19N3O2S. The van der Waals surface area contributed by atoms with Gasteiger partial charge in [-0.2, -0.15) is 0 Å². The van der Waals surface area contributed by atoms with Crippen LogP contribution in [0.4, 0.5) is 0 Å². The van der Waals surface area contributed by atoms with Crippen LogP contribution in [0.1, 0.15) is 12.8 Å². The first-order valence-electron chi connectivity index (χ1n) is 9.13. The predicted octanol–water partition coefficient (Wildman–Crippen LogP) is 5.02. The van der Waals surface area contributed by atoms with Gasteiger partial charge in [-0.05, 0) is 30.5 Å². The molecule has 1 fully saturated rings. The molecule has 1 saturated heterocycles. The van der Waals surface area contributed by atoms with E-state index in [2.05, 4.69) is 26.7 Å². The third-order valence-electron chi connectivity index (χ3n) is 4.75. The maximum atomic E-state index is 5.88. The third-order valence-corrected chi connectivity index (χ3v) is 5.61. The molecule has 1 unspecified atom stereocenters. The summed E-state index contributed by atoms with van der Waals surface area (Å²) in [4.78, 5) is 9.25. The van der Waals surface area contributed by atoms with Crippen LogP contribution in [-0.4, -0.2) is 27.2 Å². The van der Waals surface area contributed by atoms with Gasteiger partial charge >= 0.3 is 0 Å². The monoisotopic (exact) mass is 377 g/mol. The fraction of sp³-hybridized carbons (Fsp3) is 0.238. The van der Waals surface area contributed by atoms with E-state index in [4.69, 9.17) is 9.15 Å². The number of aromatic nitrogens is 3. The normalized spacial score (nSPS) is 17.0. The van der Waals surface area contributed by atoms with Gasteiger partial charge < -0.3 is 13.7 Å². The molecule has 0 spiro atoms. The number of hydrogen-bond donors (Lipinski definition) is 0. The van der Waals surface area contributed by atoms with Crippen molar-refractivity contribution >= 4 is 22.9 Å². The zero-order valence-corrected chi connectivity index (χ0v) is 15.6. The van der Waals surface area contributed by atoms with Crippen LogP contribution in [0.3, 0.4) is 0 Å². The Labute approximate surface area is 161 Å². The Morgan fingerprint density at radius 3 is 2.74 bits per heavy atom. The van der Waals surface area contributed by atoms with E-state index in [1.165, 1.54) is 11.8 Å². The van der Waals surface area contributed by atoms with Crippen LogP contribution in [0.2, 0.25) is 0 Å². The average molecular weight is 377 g/mol. The summed E-state index contributed by atoms with van der Waals surface area (Å²) >= 11 is 1.46. The molecule has 0 aliphatic carbocycles. The Bertz CT molecular complexity index is 1020. The number of ether oxygens (including phenoxy) is 1. The maximum Gasteiger partial charge on any atom is 0.264 e. The van der Waals surface area contributed by atoms with Crippen molar-refractivity contribution in [1.29, 1.82) is 0 Å². The molecule has 6 heteroatoms. The molecule has 5 nitrogen and oxygen atoms in total. The van der Waals surface area contributed by atoms with Crippen molar-refractivity contribution in [3.8, 4) is 11.3 Å². The summed E-state index contributed by atoms with van der Waals surface area (Å²) in [5, 5.41) is 1.48. The number of benzene rings is 2. The Morgan fingerprint density at radius 2 is 1.93 bits per heavy atom. The summed E-state index contributed by atoms with van der Waals surface area (Å²) in [7, 11) is 0. The molecule has 0 bridgehead atoms. The summed E-state index contributed by atoms with van der Waals surface area (Å²) in [5.41, 5.74) is 3.89. The van der Waals surface area contributed by atoms with Gasteiger partial charge in [0.25, 0.3) is 5.22 Å². The van der Waals surface area contributed by atoms with Gasteiger partial charge in [-0.25, -0.2) is 9.97 Å². The quantitative estimate of drug-likeness (QED) is 0.489. The minimum absolute atomic E-state index is 0.227. The lowest BCUT2D eigenvalue weighted by Gasteiger charge is -2.15. The smallest absolute Gasteiger partial charge is 0.264 e. The molecule has 1 aliphatic heterocycles. The predicted molar refractivity (Wildman–Crippen MR) is 105 cm³/mol. The number of fused-ring (bicyclic) bond motifs is 1. The van der Waals surface area contributed by atoms with Crippen molar-refractivity contribution in [2.24, 2.45) is 0 Å². The van der Waals surface area contributed by atoms with Crippen molar-refractivity contribution in [2.75, 3.05) is 6.61 Å². The zero-order valence-electron chi connectivity index (χ0n) is 14.7. The molecule has 0 N–H and O–H groups in total. The molecule has 0 amide bonds. The second kappa shape index (κ2) is 7.21. The number of oxazole rings is 1. The molecule has 1 atom stereocenters. The summed E-state index contributed by atoms with van der Waals surface area (Å²) in [6.45, 7) is 1.63. The lowest BCUT2D eigenvalue weighted by molar-refractivity contribution is 0.0953. The van der Waals surface area contributed by atoms with Crippen LogP contribution in [0.25, 0.3) is 22.4 Å². The van der Waals surface area contributed by atoms with Gasteiger partial charge in [0.05, 0.1) is 24.5 Å². The molecule has 1 aliphatic rings. The molecular weight excluding hydrogens is 358 g/mol. The van der Waals surface area contributed by atoms with Gasteiger partial charge in [0, 0.05) is 18.4 Å². The molecule has 0 saturated carbocycles. The largest absolute Gasteiger partial charge is 0.431 e. The van der Waals surface area contributed by atoms with E-state index in [9.17, 15) is 0 Å². The number of nitrogens with zero attached hydrogens (tertiary/aromatic N) is 3. The van der Waals surface area contributed by atoms with E-state index in [0.29, 0.717) is 5.22 Å². The van der Waals surface area contributed by atoms with E-state index >= 15 is 0 Å². The molecule has 27 heavy (non-hydrogen) atoms. The summed E-state index contributed by atoms with van der Waals surface area (Å²) in [5.74, 6) is 0. The highest BCUT2D eigenvalue weighted by molar-refractivity contribution is 7.99. The van der Waals surface area contributed by atoms with Crippen LogP contribution in [-0.2, 0) is 11.3 Å². The fourth-order valence-electron chi connectivity index (χ4n) is 3.42. The van der Waals surface area contributed by atoms with Crippen LogP contribution in [0.5, 0.6) is 0 Å². The van der Waals surface area contributed by atoms with Crippen LogP contribution in [0, 0.1) is 0 Å². The lowest BCUT2D eigenvalue weighted by Crippen LogP contribution is -2.16. The summed E-state index contributed by atoms with van der Waals surface area (Å²) in [6, 6.07) is 18.1. The molecule has 136 valence electrons. The van der Waals surface area contributed by atoms with Crippen molar-refractivity contribution in [2.45, 2.75) is 35.9 Å². The molecule has 5 rings (SSSR count). The number of rotatable bonds is 5. The summed E-state index contributed by atoms with van der Waals surface area (Å²) < 4.78 is 14.0. The van der Waals surface area contributed by atoms with Gasteiger partial charge in [-0.3, -0.25) is 0 Å². The highest BCUT2D eigenvalue weighted by atomic mass is 32.2. The van der Waals surface area contributed by atoms with E-state index in [1.54, 1.807) is 0 Å². The van der Waals surface area contributed by atoms with E-state index in [-0.39, 0.29) is 6.10 Å². The second-order valence-electron chi connectivity index (χ2n) is 6.59. The third kappa shape index (κ3) is 3.38. The first-order chi connectivity index (χ1) is 13.4. The Hall–Kier alpha value is -2.57. The number of imidazole rings is 1. The van der Waals surface area contributed by atoms with Gasteiger partial charge in [-0.15, -0.1) is 0 Å². The highest BCUT2D eigenvalue weighted by Crippen LogP contribution is 2.33. The van der Waals surface area contributed by atoms with Crippen molar-refractivity contribution < 1.29 is 9.15 Å². The zero-order chi connectivity index (χ0) is 18.1. The Balaban J connectivity index is 1.51. The fourth-order valence-corrected chi connectivity index (χ4v) is 4.24. The van der Waals surface area contributed by atoms with E-state index in [1.807, 2.05) is 48.7 Å². The van der Waals surface area contributed by atoms with Crippen LogP contribution < -0.4 is 0 Å². The van der Waals surface area contributed by atoms with E-state index in [0.717, 1.165) is 53.5 Å². The lowest BCUT2D eigenvalue weighted by atomic mass is 10.1. The van der Waals surface area contributed by atoms with Crippen LogP contribution in [0.15, 0.2) is 75.6 Å². The molecule has 2 aromatic carbocycles. The molecule has 2 aromatic heterocycles. The minimum atomic E-state index is 0.227. The number of para-hydroxylation sites is 2.